The van der Waals surface area contributed by atoms with Crippen molar-refractivity contribution in [2.75, 3.05) is 13.1 Å². The number of fused-ring (bicyclic) bond motifs is 2. The summed E-state index contributed by atoms with van der Waals surface area (Å²) in [6.45, 7) is 1.21. The molecular weight excluding hydrogens is 355 g/mol. The number of benzene rings is 2. The summed E-state index contributed by atoms with van der Waals surface area (Å²) in [5, 5.41) is 1.01. The van der Waals surface area contributed by atoms with Crippen LogP contribution in [0.4, 0.5) is 4.39 Å². The zero-order valence-electron chi connectivity index (χ0n) is 15.4. The van der Waals surface area contributed by atoms with Crippen molar-refractivity contribution >= 4 is 33.4 Å². The number of hydrogen-bond donors (Lipinski definition) is 1. The summed E-state index contributed by atoms with van der Waals surface area (Å²) >= 11 is 0. The molecule has 3 heterocycles. The van der Waals surface area contributed by atoms with Crippen LogP contribution in [0.5, 0.6) is 0 Å². The predicted octanol–water partition coefficient (Wildman–Crippen LogP) is 4.12. The lowest BCUT2D eigenvalue weighted by Gasteiger charge is -2.26. The van der Waals surface area contributed by atoms with Gasteiger partial charge in [0.05, 0.1) is 17.4 Å². The number of carbonyl (C=O) groups is 1. The minimum absolute atomic E-state index is 0.0175. The van der Waals surface area contributed by atoms with Crippen molar-refractivity contribution in [3.63, 3.8) is 0 Å². The number of amides is 1. The molecule has 2 aromatic carbocycles. The minimum atomic E-state index is -0.250. The summed E-state index contributed by atoms with van der Waals surface area (Å²) in [4.78, 5) is 22.2. The molecule has 6 heteroatoms. The Labute approximate surface area is 161 Å². The summed E-state index contributed by atoms with van der Waals surface area (Å²) < 4.78 is 15.3. The van der Waals surface area contributed by atoms with Crippen LogP contribution in [0.2, 0.25) is 0 Å². The lowest BCUT2D eigenvalue weighted by atomic mass is 9.98. The molecule has 0 fully saturated rings. The van der Waals surface area contributed by atoms with Crippen molar-refractivity contribution in [2.24, 2.45) is 7.05 Å². The van der Waals surface area contributed by atoms with E-state index in [4.69, 9.17) is 0 Å². The van der Waals surface area contributed by atoms with Crippen LogP contribution in [0.25, 0.3) is 27.5 Å². The highest BCUT2D eigenvalue weighted by molar-refractivity contribution is 5.98. The van der Waals surface area contributed by atoms with E-state index in [2.05, 4.69) is 16.0 Å². The number of aromatic amines is 1. The van der Waals surface area contributed by atoms with Crippen LogP contribution >= 0.6 is 0 Å². The lowest BCUT2D eigenvalue weighted by molar-refractivity contribution is 0.0773. The van der Waals surface area contributed by atoms with Gasteiger partial charge in [-0.25, -0.2) is 9.37 Å². The molecule has 1 aliphatic rings. The Morgan fingerprint density at radius 1 is 1.21 bits per heavy atom. The zero-order chi connectivity index (χ0) is 19.3. The van der Waals surface area contributed by atoms with Crippen molar-refractivity contribution in [1.29, 1.82) is 0 Å². The molecule has 0 atom stereocenters. The van der Waals surface area contributed by atoms with Crippen LogP contribution in [0.1, 0.15) is 22.3 Å². The fraction of sp³-hybridized carbons (Fsp3) is 0.182. The van der Waals surface area contributed by atoms with E-state index in [1.165, 1.54) is 17.7 Å². The maximum absolute atomic E-state index is 13.4. The predicted molar refractivity (Wildman–Crippen MR) is 107 cm³/mol. The number of nitrogens with one attached hydrogen (secondary N) is 1. The van der Waals surface area contributed by atoms with Gasteiger partial charge >= 0.3 is 0 Å². The number of aryl methyl sites for hydroxylation is 1. The van der Waals surface area contributed by atoms with Crippen LogP contribution < -0.4 is 0 Å². The highest BCUT2D eigenvalue weighted by Crippen LogP contribution is 2.30. The molecule has 0 spiro atoms. The van der Waals surface area contributed by atoms with Gasteiger partial charge in [0.2, 0.25) is 0 Å². The van der Waals surface area contributed by atoms with E-state index in [0.717, 1.165) is 33.9 Å². The standard InChI is InChI=1S/C22H19FN4O/c1-26-13-25-20-10-15(2-5-21(20)26)22(28)27-8-6-14(7-9-27)18-12-24-19-11-16(23)3-4-17(18)19/h2-6,10-13,24H,7-9H2,1H3. The molecule has 0 saturated heterocycles. The maximum Gasteiger partial charge on any atom is 0.254 e. The fourth-order valence-corrected chi connectivity index (χ4v) is 3.91. The minimum Gasteiger partial charge on any atom is -0.360 e. The third kappa shape index (κ3) is 2.69. The van der Waals surface area contributed by atoms with E-state index >= 15 is 0 Å². The molecule has 0 radical (unpaired) electrons. The molecule has 2 aromatic heterocycles. The van der Waals surface area contributed by atoms with Gasteiger partial charge in [0.1, 0.15) is 5.82 Å². The van der Waals surface area contributed by atoms with Gasteiger partial charge in [-0.3, -0.25) is 4.79 Å². The van der Waals surface area contributed by atoms with Gasteiger partial charge in [-0.1, -0.05) is 6.08 Å². The summed E-state index contributed by atoms with van der Waals surface area (Å²) in [6.07, 6.45) is 6.53. The molecule has 140 valence electrons. The number of halogens is 1. The van der Waals surface area contributed by atoms with Crippen molar-refractivity contribution < 1.29 is 9.18 Å². The number of carbonyl (C=O) groups excluding carboxylic acids is 1. The molecule has 1 N–H and O–H groups in total. The highest BCUT2D eigenvalue weighted by Gasteiger charge is 2.21. The van der Waals surface area contributed by atoms with Crippen molar-refractivity contribution in [1.82, 2.24) is 19.4 Å². The van der Waals surface area contributed by atoms with Gasteiger partial charge in [-0.15, -0.1) is 0 Å². The number of aromatic nitrogens is 3. The van der Waals surface area contributed by atoms with E-state index in [1.807, 2.05) is 40.9 Å². The average molecular weight is 374 g/mol. The topological polar surface area (TPSA) is 53.9 Å². The van der Waals surface area contributed by atoms with E-state index in [0.29, 0.717) is 18.7 Å². The molecule has 0 bridgehead atoms. The van der Waals surface area contributed by atoms with Gasteiger partial charge in [0, 0.05) is 48.4 Å². The molecule has 1 amide bonds. The zero-order valence-corrected chi connectivity index (χ0v) is 15.4. The quantitative estimate of drug-likeness (QED) is 0.574. The van der Waals surface area contributed by atoms with Crippen LogP contribution in [0.3, 0.4) is 0 Å². The van der Waals surface area contributed by atoms with Crippen molar-refractivity contribution in [3.05, 3.63) is 71.9 Å². The molecule has 0 unspecified atom stereocenters. The second-order valence-electron chi connectivity index (χ2n) is 7.18. The largest absolute Gasteiger partial charge is 0.360 e. The number of hydrogen-bond acceptors (Lipinski definition) is 2. The average Bonchev–Trinajstić information content (AvgIpc) is 3.30. The van der Waals surface area contributed by atoms with Gasteiger partial charge in [-0.2, -0.15) is 0 Å². The Morgan fingerprint density at radius 3 is 2.93 bits per heavy atom. The SMILES string of the molecule is Cn1cnc2cc(C(=O)N3CC=C(c4c[nH]c5cc(F)ccc45)CC3)ccc21. The summed E-state index contributed by atoms with van der Waals surface area (Å²) in [7, 11) is 1.94. The van der Waals surface area contributed by atoms with E-state index in [9.17, 15) is 9.18 Å². The molecule has 5 rings (SSSR count). The molecule has 28 heavy (non-hydrogen) atoms. The molecule has 0 aliphatic carbocycles. The van der Waals surface area contributed by atoms with Gasteiger partial charge in [0.25, 0.3) is 5.91 Å². The molecule has 4 aromatic rings. The van der Waals surface area contributed by atoms with Crippen molar-refractivity contribution in [2.45, 2.75) is 6.42 Å². The maximum atomic E-state index is 13.4. The third-order valence-corrected chi connectivity index (χ3v) is 5.46. The summed E-state index contributed by atoms with van der Waals surface area (Å²) in [5.74, 6) is -0.232. The Bertz CT molecular complexity index is 1250. The Kier molecular flexibility index (Phi) is 3.79. The van der Waals surface area contributed by atoms with Gasteiger partial charge in [-0.05, 0) is 48.4 Å². The third-order valence-electron chi connectivity index (χ3n) is 5.46. The second kappa shape index (κ2) is 6.34. The Balaban J connectivity index is 1.38. The number of H-pyrrole nitrogens is 1. The van der Waals surface area contributed by atoms with Gasteiger partial charge in [0.15, 0.2) is 0 Å². The normalized spacial score (nSPS) is 14.6. The molecule has 0 saturated carbocycles. The number of nitrogens with zero attached hydrogens (tertiary/aromatic N) is 3. The first-order chi connectivity index (χ1) is 13.6. The van der Waals surface area contributed by atoms with Crippen LogP contribution in [0.15, 0.2) is 55.0 Å². The molecule has 5 nitrogen and oxygen atoms in total. The Morgan fingerprint density at radius 2 is 2.11 bits per heavy atom. The van der Waals surface area contributed by atoms with E-state index < -0.39 is 0 Å². The fourth-order valence-electron chi connectivity index (χ4n) is 3.91. The first-order valence-electron chi connectivity index (χ1n) is 9.26. The van der Waals surface area contributed by atoms with E-state index in [-0.39, 0.29) is 11.7 Å². The molecule has 1 aliphatic heterocycles. The monoisotopic (exact) mass is 374 g/mol. The summed E-state index contributed by atoms with van der Waals surface area (Å²) in [6, 6.07) is 10.4. The summed E-state index contributed by atoms with van der Waals surface area (Å²) in [5.41, 5.74) is 5.54. The first kappa shape index (κ1) is 16.7. The first-order valence-corrected chi connectivity index (χ1v) is 9.26. The van der Waals surface area contributed by atoms with Crippen LogP contribution in [0, 0.1) is 5.82 Å². The highest BCUT2D eigenvalue weighted by atomic mass is 19.1. The lowest BCUT2D eigenvalue weighted by Crippen LogP contribution is -2.34. The van der Waals surface area contributed by atoms with E-state index in [1.54, 1.807) is 12.4 Å². The van der Waals surface area contributed by atoms with Gasteiger partial charge < -0.3 is 14.5 Å². The van der Waals surface area contributed by atoms with Crippen LogP contribution in [-0.2, 0) is 7.05 Å². The Hall–Kier alpha value is -3.41. The number of rotatable bonds is 2. The second-order valence-corrected chi connectivity index (χ2v) is 7.18. The number of imidazole rings is 1. The molecular formula is C22H19FN4O. The van der Waals surface area contributed by atoms with Crippen LogP contribution in [-0.4, -0.2) is 38.4 Å². The van der Waals surface area contributed by atoms with Crippen molar-refractivity contribution in [3.8, 4) is 0 Å². The smallest absolute Gasteiger partial charge is 0.254 e.